The topological polar surface area (TPSA) is 61.3 Å². The van der Waals surface area contributed by atoms with E-state index in [-0.39, 0.29) is 5.78 Å². The van der Waals surface area contributed by atoms with Gasteiger partial charge in [0.05, 0.1) is 26.1 Å². The van der Waals surface area contributed by atoms with Gasteiger partial charge in [0.1, 0.15) is 17.2 Å². The molecule has 1 heterocycles. The largest absolute Gasteiger partial charge is 0.497 e. The molecule has 0 unspecified atom stereocenters. The Balaban J connectivity index is 2.40. The zero-order valence-electron chi connectivity index (χ0n) is 11.0. The van der Waals surface area contributed by atoms with E-state index in [0.29, 0.717) is 22.8 Å². The highest BCUT2D eigenvalue weighted by Gasteiger charge is 2.13. The fourth-order valence-corrected chi connectivity index (χ4v) is 1.60. The molecule has 1 aromatic carbocycles. The van der Waals surface area contributed by atoms with E-state index in [4.69, 9.17) is 9.47 Å². The second kappa shape index (κ2) is 5.48. The van der Waals surface area contributed by atoms with Crippen molar-refractivity contribution in [1.82, 2.24) is 9.97 Å². The van der Waals surface area contributed by atoms with E-state index in [9.17, 15) is 4.79 Å². The summed E-state index contributed by atoms with van der Waals surface area (Å²) in [6.07, 6.45) is 3.02. The van der Waals surface area contributed by atoms with Crippen LogP contribution in [0.2, 0.25) is 0 Å². The van der Waals surface area contributed by atoms with Gasteiger partial charge >= 0.3 is 0 Å². The van der Waals surface area contributed by atoms with Gasteiger partial charge < -0.3 is 9.47 Å². The highest BCUT2D eigenvalue weighted by molar-refractivity contribution is 6.08. The summed E-state index contributed by atoms with van der Waals surface area (Å²) in [5.74, 6) is 0.898. The molecule has 0 saturated heterocycles. The lowest BCUT2D eigenvalue weighted by atomic mass is 10.1. The van der Waals surface area contributed by atoms with Crippen molar-refractivity contribution >= 4 is 5.78 Å². The number of carbonyl (C=O) groups is 1. The molecule has 1 aromatic heterocycles. The number of rotatable bonds is 4. The number of ketones is 1. The minimum absolute atomic E-state index is 0.218. The summed E-state index contributed by atoms with van der Waals surface area (Å²) in [4.78, 5) is 20.4. The molecule has 98 valence electrons. The number of hydrogen-bond donors (Lipinski definition) is 0. The number of nitrogens with zero attached hydrogens (tertiary/aromatic N) is 2. The molecule has 0 aliphatic rings. The first-order chi connectivity index (χ1) is 9.13. The first-order valence-electron chi connectivity index (χ1n) is 5.70. The summed E-state index contributed by atoms with van der Waals surface area (Å²) in [6, 6.07) is 5.00. The van der Waals surface area contributed by atoms with Gasteiger partial charge in [-0.15, -0.1) is 0 Å². The van der Waals surface area contributed by atoms with Crippen molar-refractivity contribution in [3.05, 3.63) is 47.5 Å². The lowest BCUT2D eigenvalue weighted by Gasteiger charge is -2.07. The molecule has 5 heteroatoms. The van der Waals surface area contributed by atoms with Gasteiger partial charge in [-0.2, -0.15) is 0 Å². The Hall–Kier alpha value is -2.43. The highest BCUT2D eigenvalue weighted by Crippen LogP contribution is 2.23. The standard InChI is InChI=1S/C14H14N2O3/c1-9-7-16-13(8-15-9)14(17)10-4-11(18-2)6-12(5-10)19-3/h4-8H,1-3H3. The predicted molar refractivity (Wildman–Crippen MR) is 69.7 cm³/mol. The Morgan fingerprint density at radius 3 is 2.11 bits per heavy atom. The summed E-state index contributed by atoms with van der Waals surface area (Å²) >= 11 is 0. The van der Waals surface area contributed by atoms with Crippen LogP contribution in [-0.2, 0) is 0 Å². The number of carbonyl (C=O) groups excluding carboxylic acids is 1. The number of aromatic nitrogens is 2. The third-order valence-corrected chi connectivity index (χ3v) is 2.63. The maximum atomic E-state index is 12.3. The predicted octanol–water partition coefficient (Wildman–Crippen LogP) is 2.03. The molecule has 2 aromatic rings. The van der Waals surface area contributed by atoms with Crippen molar-refractivity contribution in [2.45, 2.75) is 6.92 Å². The van der Waals surface area contributed by atoms with Crippen molar-refractivity contribution in [3.63, 3.8) is 0 Å². The summed E-state index contributed by atoms with van der Waals surface area (Å²) < 4.78 is 10.3. The van der Waals surface area contributed by atoms with Gasteiger partial charge in [0.2, 0.25) is 5.78 Å². The average molecular weight is 258 g/mol. The Bertz CT molecular complexity index is 572. The number of hydrogen-bond acceptors (Lipinski definition) is 5. The van der Waals surface area contributed by atoms with Gasteiger partial charge in [-0.3, -0.25) is 9.78 Å². The first kappa shape index (κ1) is 13.0. The highest BCUT2D eigenvalue weighted by atomic mass is 16.5. The zero-order valence-corrected chi connectivity index (χ0v) is 11.0. The molecule has 19 heavy (non-hydrogen) atoms. The van der Waals surface area contributed by atoms with E-state index in [2.05, 4.69) is 9.97 Å². The van der Waals surface area contributed by atoms with Crippen molar-refractivity contribution in [3.8, 4) is 11.5 Å². The van der Waals surface area contributed by atoms with Gasteiger partial charge in [-0.25, -0.2) is 4.98 Å². The molecule has 0 atom stereocenters. The van der Waals surface area contributed by atoms with Crippen LogP contribution in [0.15, 0.2) is 30.6 Å². The lowest BCUT2D eigenvalue weighted by molar-refractivity contribution is 0.103. The minimum atomic E-state index is -0.218. The van der Waals surface area contributed by atoms with E-state index < -0.39 is 0 Å². The molecule has 5 nitrogen and oxygen atoms in total. The van der Waals surface area contributed by atoms with E-state index >= 15 is 0 Å². The first-order valence-corrected chi connectivity index (χ1v) is 5.70. The Morgan fingerprint density at radius 1 is 1.00 bits per heavy atom. The van der Waals surface area contributed by atoms with Crippen molar-refractivity contribution in [2.24, 2.45) is 0 Å². The van der Waals surface area contributed by atoms with Crippen LogP contribution in [0.1, 0.15) is 21.7 Å². The van der Waals surface area contributed by atoms with Crippen LogP contribution in [0.25, 0.3) is 0 Å². The van der Waals surface area contributed by atoms with Crippen molar-refractivity contribution in [2.75, 3.05) is 14.2 Å². The van der Waals surface area contributed by atoms with Crippen LogP contribution in [0.5, 0.6) is 11.5 Å². The molecule has 0 amide bonds. The smallest absolute Gasteiger partial charge is 0.213 e. The monoisotopic (exact) mass is 258 g/mol. The van der Waals surface area contributed by atoms with E-state index in [1.54, 1.807) is 24.4 Å². The molecule has 0 bridgehead atoms. The van der Waals surface area contributed by atoms with Crippen molar-refractivity contribution < 1.29 is 14.3 Å². The van der Waals surface area contributed by atoms with E-state index in [0.717, 1.165) is 5.69 Å². The molecular formula is C14H14N2O3. The maximum absolute atomic E-state index is 12.3. The Kier molecular flexibility index (Phi) is 3.75. The minimum Gasteiger partial charge on any atom is -0.497 e. The molecule has 0 aliphatic carbocycles. The SMILES string of the molecule is COc1cc(OC)cc(C(=O)c2cnc(C)cn2)c1. The summed E-state index contributed by atoms with van der Waals surface area (Å²) in [7, 11) is 3.07. The fraction of sp³-hybridized carbons (Fsp3) is 0.214. The van der Waals surface area contributed by atoms with E-state index in [1.807, 2.05) is 6.92 Å². The number of aryl methyl sites for hydroxylation is 1. The molecular weight excluding hydrogens is 244 g/mol. The molecule has 0 N–H and O–H groups in total. The van der Waals surface area contributed by atoms with Gasteiger partial charge in [0.25, 0.3) is 0 Å². The molecule has 0 spiro atoms. The second-order valence-corrected chi connectivity index (χ2v) is 3.97. The summed E-state index contributed by atoms with van der Waals surface area (Å²) in [5, 5.41) is 0. The average Bonchev–Trinajstić information content (AvgIpc) is 2.46. The van der Waals surface area contributed by atoms with Crippen LogP contribution in [0.4, 0.5) is 0 Å². The van der Waals surface area contributed by atoms with E-state index in [1.165, 1.54) is 20.4 Å². The second-order valence-electron chi connectivity index (χ2n) is 3.97. The van der Waals surface area contributed by atoms with Gasteiger partial charge in [-0.05, 0) is 19.1 Å². The van der Waals surface area contributed by atoms with Gasteiger partial charge in [-0.1, -0.05) is 0 Å². The van der Waals surface area contributed by atoms with Crippen LogP contribution < -0.4 is 9.47 Å². The molecule has 2 rings (SSSR count). The van der Waals surface area contributed by atoms with Gasteiger partial charge in [0.15, 0.2) is 0 Å². The Morgan fingerprint density at radius 2 is 1.63 bits per heavy atom. The number of methoxy groups -OCH3 is 2. The fourth-order valence-electron chi connectivity index (χ4n) is 1.60. The lowest BCUT2D eigenvalue weighted by Crippen LogP contribution is -2.06. The van der Waals surface area contributed by atoms with Gasteiger partial charge in [0, 0.05) is 17.8 Å². The number of ether oxygens (including phenoxy) is 2. The van der Waals surface area contributed by atoms with Crippen LogP contribution >= 0.6 is 0 Å². The molecule has 0 fully saturated rings. The third-order valence-electron chi connectivity index (χ3n) is 2.63. The molecule has 0 aliphatic heterocycles. The quantitative estimate of drug-likeness (QED) is 0.785. The van der Waals surface area contributed by atoms with Crippen LogP contribution in [0.3, 0.4) is 0 Å². The van der Waals surface area contributed by atoms with Crippen LogP contribution in [-0.4, -0.2) is 30.0 Å². The maximum Gasteiger partial charge on any atom is 0.213 e. The molecule has 0 saturated carbocycles. The summed E-state index contributed by atoms with van der Waals surface area (Å²) in [5.41, 5.74) is 1.51. The normalized spacial score (nSPS) is 10.1. The Labute approximate surface area is 111 Å². The number of benzene rings is 1. The van der Waals surface area contributed by atoms with Crippen molar-refractivity contribution in [1.29, 1.82) is 0 Å². The third kappa shape index (κ3) is 2.88. The van der Waals surface area contributed by atoms with Crippen LogP contribution in [0, 0.1) is 6.92 Å². The summed E-state index contributed by atoms with van der Waals surface area (Å²) in [6.45, 7) is 1.82. The molecule has 0 radical (unpaired) electrons. The zero-order chi connectivity index (χ0) is 13.8.